The van der Waals surface area contributed by atoms with E-state index in [4.69, 9.17) is 11.6 Å². The van der Waals surface area contributed by atoms with Crippen molar-refractivity contribution < 1.29 is 15.6 Å². The normalized spacial score (nSPS) is 12.9. The lowest BCUT2D eigenvalue weighted by atomic mass is 10.1. The van der Waals surface area contributed by atoms with E-state index in [1.807, 2.05) is 23.6 Å². The van der Waals surface area contributed by atoms with E-state index in [1.165, 1.54) is 0 Å². The molecule has 0 saturated carbocycles. The highest BCUT2D eigenvalue weighted by atomic mass is 35.5. The van der Waals surface area contributed by atoms with Crippen molar-refractivity contribution in [3.05, 3.63) is 34.2 Å². The summed E-state index contributed by atoms with van der Waals surface area (Å²) >= 11 is 7.48. The lowest BCUT2D eigenvalue weighted by Crippen LogP contribution is -2.69. The molecular weight excluding hydrogens is 246 g/mol. The van der Waals surface area contributed by atoms with Gasteiger partial charge in [0.05, 0.1) is 5.97 Å². The number of carbonyl (C=O) groups excluding carboxylic acids is 1. The van der Waals surface area contributed by atoms with Crippen LogP contribution in [0.5, 0.6) is 0 Å². The quantitative estimate of drug-likeness (QED) is 0.866. The lowest BCUT2D eigenvalue weighted by molar-refractivity contribution is -0.436. The first-order valence-electron chi connectivity index (χ1n) is 4.77. The van der Waals surface area contributed by atoms with Crippen LogP contribution in [-0.4, -0.2) is 12.0 Å². The third-order valence-corrected chi connectivity index (χ3v) is 3.66. The number of aliphatic carboxylic acids is 1. The molecule has 0 fully saturated rings. The number of hydrogen-bond acceptors (Lipinski definition) is 3. The Labute approximate surface area is 101 Å². The zero-order valence-corrected chi connectivity index (χ0v) is 9.98. The van der Waals surface area contributed by atoms with Gasteiger partial charge in [-0.25, -0.2) is 0 Å². The summed E-state index contributed by atoms with van der Waals surface area (Å²) in [4.78, 5) is 10.6. The molecule has 0 aliphatic carbocycles. The van der Waals surface area contributed by atoms with E-state index in [1.54, 1.807) is 11.3 Å². The first kappa shape index (κ1) is 11.4. The molecule has 84 valence electrons. The van der Waals surface area contributed by atoms with Gasteiger partial charge in [-0.15, -0.1) is 11.3 Å². The topological polar surface area (TPSA) is 67.8 Å². The Morgan fingerprint density at radius 3 is 3.00 bits per heavy atom. The van der Waals surface area contributed by atoms with Crippen LogP contribution in [0.15, 0.2) is 23.6 Å². The van der Waals surface area contributed by atoms with Gasteiger partial charge in [-0.2, -0.15) is 0 Å². The van der Waals surface area contributed by atoms with Gasteiger partial charge in [0.15, 0.2) is 0 Å². The highest BCUT2D eigenvalue weighted by Crippen LogP contribution is 2.29. The molecule has 0 bridgehead atoms. The maximum absolute atomic E-state index is 10.6. The average molecular weight is 256 g/mol. The predicted molar refractivity (Wildman–Crippen MR) is 62.2 cm³/mol. The Balaban J connectivity index is 2.37. The minimum Gasteiger partial charge on any atom is -0.544 e. The Kier molecular flexibility index (Phi) is 3.14. The Morgan fingerprint density at radius 1 is 1.56 bits per heavy atom. The molecule has 2 aromatic rings. The van der Waals surface area contributed by atoms with E-state index in [2.05, 4.69) is 5.73 Å². The number of quaternary nitrogens is 1. The molecule has 1 aromatic heterocycles. The molecule has 3 nitrogen and oxygen atoms in total. The number of carbonyl (C=O) groups is 1. The molecule has 2 rings (SSSR count). The molecular formula is C11H10ClNO2S. The van der Waals surface area contributed by atoms with Crippen molar-refractivity contribution in [3.8, 4) is 0 Å². The fourth-order valence-corrected chi connectivity index (χ4v) is 2.69. The van der Waals surface area contributed by atoms with Gasteiger partial charge in [0.1, 0.15) is 6.04 Å². The van der Waals surface area contributed by atoms with E-state index < -0.39 is 12.0 Å². The van der Waals surface area contributed by atoms with Gasteiger partial charge < -0.3 is 15.6 Å². The van der Waals surface area contributed by atoms with Crippen molar-refractivity contribution in [2.45, 2.75) is 12.5 Å². The molecule has 0 spiro atoms. The smallest absolute Gasteiger partial charge is 0.129 e. The highest BCUT2D eigenvalue weighted by Gasteiger charge is 2.12. The number of hydrogen-bond donors (Lipinski definition) is 1. The molecule has 0 unspecified atom stereocenters. The molecule has 0 radical (unpaired) electrons. The molecule has 3 N–H and O–H groups in total. The molecule has 1 aromatic carbocycles. The second-order valence-corrected chi connectivity index (χ2v) is 4.97. The van der Waals surface area contributed by atoms with Crippen molar-refractivity contribution in [3.63, 3.8) is 0 Å². The fourth-order valence-electron chi connectivity index (χ4n) is 1.56. The minimum atomic E-state index is -1.12. The predicted octanol–water partition coefficient (Wildman–Crippen LogP) is 0.458. The van der Waals surface area contributed by atoms with Gasteiger partial charge in [0.2, 0.25) is 0 Å². The van der Waals surface area contributed by atoms with Crippen LogP contribution < -0.4 is 10.8 Å². The van der Waals surface area contributed by atoms with Crippen LogP contribution in [0.1, 0.15) is 5.56 Å². The zero-order valence-electron chi connectivity index (χ0n) is 8.40. The molecule has 0 aliphatic heterocycles. The number of rotatable bonds is 3. The van der Waals surface area contributed by atoms with Crippen LogP contribution in [0.25, 0.3) is 10.1 Å². The maximum Gasteiger partial charge on any atom is 0.129 e. The lowest BCUT2D eigenvalue weighted by Gasteiger charge is -2.08. The van der Waals surface area contributed by atoms with Gasteiger partial charge in [0, 0.05) is 16.1 Å². The summed E-state index contributed by atoms with van der Waals surface area (Å²) in [5.41, 5.74) is 4.52. The fraction of sp³-hybridized carbons (Fsp3) is 0.182. The first-order valence-corrected chi connectivity index (χ1v) is 6.03. The Bertz CT molecular complexity index is 538. The average Bonchev–Trinajstić information content (AvgIpc) is 2.61. The summed E-state index contributed by atoms with van der Waals surface area (Å²) in [5.74, 6) is -1.12. The second-order valence-electron chi connectivity index (χ2n) is 3.62. The van der Waals surface area contributed by atoms with E-state index in [0.29, 0.717) is 11.4 Å². The first-order chi connectivity index (χ1) is 7.58. The standard InChI is InChI=1S/C11H10ClNO2S/c12-7-1-2-10-8(4-7)6(5-16-10)3-9(13)11(14)15/h1-2,4-5,9H,3,13H2,(H,14,15)/t9-/m1/s1. The molecule has 1 atom stereocenters. The Morgan fingerprint density at radius 2 is 2.31 bits per heavy atom. The SMILES string of the molecule is [NH3+][C@H](Cc1csc2ccc(Cl)cc12)C(=O)[O-]. The van der Waals surface area contributed by atoms with Gasteiger partial charge >= 0.3 is 0 Å². The molecule has 0 saturated heterocycles. The van der Waals surface area contributed by atoms with Gasteiger partial charge in [-0.05, 0) is 34.5 Å². The maximum atomic E-state index is 10.6. The van der Waals surface area contributed by atoms with Crippen molar-refractivity contribution in [1.82, 2.24) is 0 Å². The number of carboxylic acids is 1. The summed E-state index contributed by atoms with van der Waals surface area (Å²) in [5, 5.41) is 14.2. The van der Waals surface area contributed by atoms with Gasteiger partial charge in [-0.3, -0.25) is 0 Å². The van der Waals surface area contributed by atoms with Crippen LogP contribution >= 0.6 is 22.9 Å². The van der Waals surface area contributed by atoms with Crippen LogP contribution in [0, 0.1) is 0 Å². The molecule has 1 heterocycles. The summed E-state index contributed by atoms with van der Waals surface area (Å²) in [7, 11) is 0. The highest BCUT2D eigenvalue weighted by molar-refractivity contribution is 7.17. The number of benzene rings is 1. The molecule has 0 amide bonds. The second kappa shape index (κ2) is 4.41. The largest absolute Gasteiger partial charge is 0.544 e. The molecule has 5 heteroatoms. The zero-order chi connectivity index (χ0) is 11.7. The number of thiophene rings is 1. The van der Waals surface area contributed by atoms with E-state index in [0.717, 1.165) is 15.6 Å². The summed E-state index contributed by atoms with van der Waals surface area (Å²) in [6, 6.07) is 4.88. The van der Waals surface area contributed by atoms with Crippen LogP contribution in [-0.2, 0) is 11.2 Å². The third kappa shape index (κ3) is 2.19. The number of fused-ring (bicyclic) bond motifs is 1. The van der Waals surface area contributed by atoms with Crippen molar-refractivity contribution >= 4 is 39.0 Å². The van der Waals surface area contributed by atoms with Crippen molar-refractivity contribution in [1.29, 1.82) is 0 Å². The molecule has 0 aliphatic rings. The van der Waals surface area contributed by atoms with Crippen LogP contribution in [0.2, 0.25) is 5.02 Å². The van der Waals surface area contributed by atoms with Crippen molar-refractivity contribution in [2.24, 2.45) is 0 Å². The monoisotopic (exact) mass is 255 g/mol. The van der Waals surface area contributed by atoms with Gasteiger partial charge in [0.25, 0.3) is 0 Å². The third-order valence-electron chi connectivity index (χ3n) is 2.42. The van der Waals surface area contributed by atoms with E-state index in [9.17, 15) is 9.90 Å². The summed E-state index contributed by atoms with van der Waals surface area (Å²) in [6.45, 7) is 0. The van der Waals surface area contributed by atoms with Crippen LogP contribution in [0.4, 0.5) is 0 Å². The Hall–Kier alpha value is -1.10. The summed E-state index contributed by atoms with van der Waals surface area (Å²) < 4.78 is 1.10. The van der Waals surface area contributed by atoms with Crippen LogP contribution in [0.3, 0.4) is 0 Å². The van der Waals surface area contributed by atoms with Gasteiger partial charge in [-0.1, -0.05) is 11.6 Å². The molecule has 16 heavy (non-hydrogen) atoms. The minimum absolute atomic E-state index is 0.378. The van der Waals surface area contributed by atoms with E-state index in [-0.39, 0.29) is 0 Å². The van der Waals surface area contributed by atoms with E-state index >= 15 is 0 Å². The number of carboxylic acid groups (broad SMARTS) is 1. The van der Waals surface area contributed by atoms with Crippen molar-refractivity contribution in [2.75, 3.05) is 0 Å². The number of halogens is 1. The summed E-state index contributed by atoms with van der Waals surface area (Å²) in [6.07, 6.45) is 0.378.